The second-order valence-corrected chi connectivity index (χ2v) is 4.74. The Hall–Kier alpha value is -0.640. The zero-order valence-electron chi connectivity index (χ0n) is 6.73. The molecule has 0 bridgehead atoms. The minimum absolute atomic E-state index is 1.28. The van der Waals surface area contributed by atoms with Gasteiger partial charge in [0.15, 0.2) is 0 Å². The van der Waals surface area contributed by atoms with Crippen molar-refractivity contribution in [3.63, 3.8) is 0 Å². The standard InChI is InChI=1S/C10H6NS2/c1-2-4-8-6-10-9(12-11-13-10)5-7(8)3-1/h1-6H. The molecule has 3 heteroatoms. The van der Waals surface area contributed by atoms with E-state index in [2.05, 4.69) is 40.5 Å². The first-order valence-electron chi connectivity index (χ1n) is 4.01. The van der Waals surface area contributed by atoms with E-state index in [0.29, 0.717) is 0 Å². The van der Waals surface area contributed by atoms with Gasteiger partial charge in [0.2, 0.25) is 0 Å². The van der Waals surface area contributed by atoms with Gasteiger partial charge in [0.05, 0.1) is 0 Å². The van der Waals surface area contributed by atoms with E-state index in [0.717, 1.165) is 0 Å². The fourth-order valence-electron chi connectivity index (χ4n) is 1.44. The molecular weight excluding hydrogens is 198 g/mol. The maximum Gasteiger partial charge on any atom is 0.0409 e. The number of nitrogens with zero attached hydrogens (tertiary/aromatic N) is 1. The normalized spacial score (nSPS) is 14.8. The molecule has 1 heterocycles. The van der Waals surface area contributed by atoms with Gasteiger partial charge < -0.3 is 0 Å². The Morgan fingerprint density at radius 1 is 0.846 bits per heavy atom. The lowest BCUT2D eigenvalue weighted by atomic mass is 10.1. The van der Waals surface area contributed by atoms with E-state index < -0.39 is 0 Å². The van der Waals surface area contributed by atoms with Gasteiger partial charge in [-0.2, -0.15) is 0 Å². The average Bonchev–Trinajstić information content (AvgIpc) is 2.61. The van der Waals surface area contributed by atoms with Gasteiger partial charge in [-0.3, -0.25) is 0 Å². The lowest BCUT2D eigenvalue weighted by Crippen LogP contribution is -1.74. The Bertz CT molecular complexity index is 425. The van der Waals surface area contributed by atoms with Gasteiger partial charge in [-0.1, -0.05) is 28.4 Å². The summed E-state index contributed by atoms with van der Waals surface area (Å²) in [4.78, 5) is 2.56. The molecule has 0 aliphatic carbocycles. The molecule has 0 aromatic heterocycles. The van der Waals surface area contributed by atoms with Crippen molar-refractivity contribution in [2.75, 3.05) is 0 Å². The number of rotatable bonds is 0. The molecule has 2 aromatic carbocycles. The SMILES string of the molecule is c1ccc2cc3c(cc2c1)S[N]S3. The molecule has 1 radical (unpaired) electrons. The van der Waals surface area contributed by atoms with E-state index in [9.17, 15) is 0 Å². The van der Waals surface area contributed by atoms with Crippen LogP contribution in [0.2, 0.25) is 0 Å². The summed E-state index contributed by atoms with van der Waals surface area (Å²) in [5, 5.41) is 2.60. The summed E-state index contributed by atoms with van der Waals surface area (Å²) in [5.74, 6) is 0. The zero-order chi connectivity index (χ0) is 8.67. The van der Waals surface area contributed by atoms with Gasteiger partial charge in [-0.15, -0.1) is 0 Å². The molecule has 0 amide bonds. The van der Waals surface area contributed by atoms with Crippen LogP contribution in [0.3, 0.4) is 0 Å². The van der Waals surface area contributed by atoms with Crippen LogP contribution in [0.1, 0.15) is 0 Å². The molecule has 2 aromatic rings. The monoisotopic (exact) mass is 204 g/mol. The van der Waals surface area contributed by atoms with Gasteiger partial charge in [-0.05, 0) is 46.8 Å². The van der Waals surface area contributed by atoms with Crippen molar-refractivity contribution in [3.05, 3.63) is 36.4 Å². The van der Waals surface area contributed by atoms with E-state index in [1.165, 1.54) is 20.6 Å². The van der Waals surface area contributed by atoms with Gasteiger partial charge >= 0.3 is 0 Å². The molecule has 3 rings (SSSR count). The molecule has 0 saturated heterocycles. The summed E-state index contributed by atoms with van der Waals surface area (Å²) in [6.45, 7) is 0. The fraction of sp³-hybridized carbons (Fsp3) is 0. The molecular formula is C10H6NS2. The van der Waals surface area contributed by atoms with Crippen molar-refractivity contribution in [3.8, 4) is 0 Å². The molecule has 0 unspecified atom stereocenters. The van der Waals surface area contributed by atoms with E-state index >= 15 is 0 Å². The van der Waals surface area contributed by atoms with Crippen molar-refractivity contribution in [2.24, 2.45) is 0 Å². The van der Waals surface area contributed by atoms with Gasteiger partial charge in [-0.25, -0.2) is 0 Å². The van der Waals surface area contributed by atoms with Crippen molar-refractivity contribution in [1.29, 1.82) is 0 Å². The van der Waals surface area contributed by atoms with Crippen LogP contribution >= 0.6 is 23.9 Å². The zero-order valence-corrected chi connectivity index (χ0v) is 8.36. The highest BCUT2D eigenvalue weighted by Gasteiger charge is 2.13. The van der Waals surface area contributed by atoms with E-state index in [1.54, 1.807) is 23.9 Å². The summed E-state index contributed by atoms with van der Waals surface area (Å²) < 4.78 is 4.21. The predicted octanol–water partition coefficient (Wildman–Crippen LogP) is 3.47. The van der Waals surface area contributed by atoms with Crippen molar-refractivity contribution in [2.45, 2.75) is 9.79 Å². The number of benzene rings is 2. The van der Waals surface area contributed by atoms with E-state index in [-0.39, 0.29) is 0 Å². The maximum absolute atomic E-state index is 4.21. The first kappa shape index (κ1) is 7.74. The predicted molar refractivity (Wildman–Crippen MR) is 57.8 cm³/mol. The Morgan fingerprint density at radius 2 is 1.38 bits per heavy atom. The third-order valence-electron chi connectivity index (χ3n) is 2.08. The Balaban J connectivity index is 2.36. The van der Waals surface area contributed by atoms with Crippen LogP contribution in [0.15, 0.2) is 46.2 Å². The van der Waals surface area contributed by atoms with Crippen molar-refractivity contribution in [1.82, 2.24) is 4.13 Å². The molecule has 0 atom stereocenters. The highest BCUT2D eigenvalue weighted by molar-refractivity contribution is 8.15. The molecule has 63 valence electrons. The Labute approximate surface area is 85.2 Å². The Morgan fingerprint density at radius 3 is 1.92 bits per heavy atom. The summed E-state index contributed by atoms with van der Waals surface area (Å²) >= 11 is 3.14. The second-order valence-electron chi connectivity index (χ2n) is 2.90. The second kappa shape index (κ2) is 2.94. The molecule has 1 aliphatic rings. The van der Waals surface area contributed by atoms with Crippen molar-refractivity contribution >= 4 is 34.7 Å². The lowest BCUT2D eigenvalue weighted by Gasteiger charge is -1.99. The van der Waals surface area contributed by atoms with Crippen LogP contribution in [0.25, 0.3) is 10.8 Å². The fourth-order valence-corrected chi connectivity index (χ4v) is 3.11. The number of hydrogen-bond donors (Lipinski definition) is 0. The van der Waals surface area contributed by atoms with Gasteiger partial charge in [0.25, 0.3) is 0 Å². The molecule has 0 saturated carbocycles. The average molecular weight is 204 g/mol. The quantitative estimate of drug-likeness (QED) is 0.610. The largest absolute Gasteiger partial charge is 0.0967 e. The van der Waals surface area contributed by atoms with E-state index in [1.807, 2.05) is 0 Å². The van der Waals surface area contributed by atoms with Gasteiger partial charge in [0, 0.05) is 9.79 Å². The third kappa shape index (κ3) is 1.24. The minimum Gasteiger partial charge on any atom is -0.0967 e. The summed E-state index contributed by atoms with van der Waals surface area (Å²) in [6.07, 6.45) is 0. The summed E-state index contributed by atoms with van der Waals surface area (Å²) in [6, 6.07) is 12.8. The smallest absolute Gasteiger partial charge is 0.0409 e. The summed E-state index contributed by atoms with van der Waals surface area (Å²) in [5.41, 5.74) is 0. The highest BCUT2D eigenvalue weighted by atomic mass is 32.2. The van der Waals surface area contributed by atoms with Crippen LogP contribution < -0.4 is 4.13 Å². The van der Waals surface area contributed by atoms with Crippen LogP contribution in [0.4, 0.5) is 0 Å². The molecule has 13 heavy (non-hydrogen) atoms. The third-order valence-corrected chi connectivity index (χ3v) is 3.88. The van der Waals surface area contributed by atoms with E-state index in [4.69, 9.17) is 0 Å². The molecule has 0 spiro atoms. The highest BCUT2D eigenvalue weighted by Crippen LogP contribution is 2.40. The molecule has 1 aliphatic heterocycles. The van der Waals surface area contributed by atoms with Crippen LogP contribution in [0.5, 0.6) is 0 Å². The molecule has 0 N–H and O–H groups in total. The number of fused-ring (bicyclic) bond motifs is 2. The number of hydrogen-bond acceptors (Lipinski definition) is 2. The first-order chi connectivity index (χ1) is 6.43. The van der Waals surface area contributed by atoms with Crippen LogP contribution in [-0.4, -0.2) is 0 Å². The van der Waals surface area contributed by atoms with Crippen LogP contribution in [-0.2, 0) is 0 Å². The Kier molecular flexibility index (Phi) is 1.75. The maximum atomic E-state index is 4.21. The first-order valence-corrected chi connectivity index (χ1v) is 5.55. The molecule has 1 nitrogen and oxygen atoms in total. The topological polar surface area (TPSA) is 14.1 Å². The minimum atomic E-state index is 1.28. The summed E-state index contributed by atoms with van der Waals surface area (Å²) in [7, 11) is 0. The van der Waals surface area contributed by atoms with Crippen molar-refractivity contribution < 1.29 is 0 Å². The lowest BCUT2D eigenvalue weighted by molar-refractivity contribution is 1.30. The van der Waals surface area contributed by atoms with Gasteiger partial charge in [0.1, 0.15) is 0 Å². The van der Waals surface area contributed by atoms with Crippen LogP contribution in [0, 0.1) is 0 Å². The molecule has 0 fully saturated rings.